The lowest BCUT2D eigenvalue weighted by atomic mass is 10.1. The Morgan fingerprint density at radius 1 is 1.13 bits per heavy atom. The van der Waals surface area contributed by atoms with E-state index < -0.39 is 23.1 Å². The first-order valence-corrected chi connectivity index (χ1v) is 9.46. The fourth-order valence-corrected chi connectivity index (χ4v) is 3.68. The van der Waals surface area contributed by atoms with Crippen molar-refractivity contribution in [1.29, 1.82) is 0 Å². The summed E-state index contributed by atoms with van der Waals surface area (Å²) in [6, 6.07) is 7.56. The molecule has 0 radical (unpaired) electrons. The van der Waals surface area contributed by atoms with Gasteiger partial charge in [-0.05, 0) is 49.2 Å². The maximum absolute atomic E-state index is 13.1. The number of carboxylic acids is 1. The number of nitrogens with zero attached hydrogens (tertiary/aromatic N) is 3. The first-order chi connectivity index (χ1) is 14.2. The number of hydrogen-bond donors (Lipinski definition) is 1. The molecule has 1 aromatic heterocycles. The van der Waals surface area contributed by atoms with Crippen LogP contribution in [0.3, 0.4) is 0 Å². The van der Waals surface area contributed by atoms with Crippen LogP contribution in [-0.4, -0.2) is 47.8 Å². The van der Waals surface area contributed by atoms with E-state index in [9.17, 15) is 23.5 Å². The Kier molecular flexibility index (Phi) is 4.93. The zero-order chi connectivity index (χ0) is 21.5. The van der Waals surface area contributed by atoms with Crippen molar-refractivity contribution in [2.24, 2.45) is 0 Å². The number of fused-ring (bicyclic) bond motifs is 1. The number of carbonyl (C=O) groups is 1. The summed E-state index contributed by atoms with van der Waals surface area (Å²) in [6.07, 6.45) is 1.98. The van der Waals surface area contributed by atoms with Crippen molar-refractivity contribution in [2.45, 2.75) is 18.8 Å². The van der Waals surface area contributed by atoms with Gasteiger partial charge in [0.05, 0.1) is 22.3 Å². The summed E-state index contributed by atoms with van der Waals surface area (Å²) in [5.41, 5.74) is 0.257. The van der Waals surface area contributed by atoms with E-state index >= 15 is 0 Å². The second-order valence-corrected chi connectivity index (χ2v) is 7.16. The average Bonchev–Trinajstić information content (AvgIpc) is 3.22. The second kappa shape index (κ2) is 7.44. The molecule has 7 nitrogen and oxygen atoms in total. The van der Waals surface area contributed by atoms with Crippen LogP contribution in [0.5, 0.6) is 5.75 Å². The van der Waals surface area contributed by atoms with Crippen LogP contribution in [0.2, 0.25) is 0 Å². The minimum Gasteiger partial charge on any atom is -0.476 e. The van der Waals surface area contributed by atoms with Gasteiger partial charge in [-0.2, -0.15) is 13.9 Å². The predicted octanol–water partition coefficient (Wildman–Crippen LogP) is 2.25. The number of halogens is 2. The van der Waals surface area contributed by atoms with Gasteiger partial charge < -0.3 is 14.7 Å². The van der Waals surface area contributed by atoms with Gasteiger partial charge in [-0.15, -0.1) is 0 Å². The summed E-state index contributed by atoms with van der Waals surface area (Å²) >= 11 is 0. The summed E-state index contributed by atoms with van der Waals surface area (Å²) in [7, 11) is 0.636. The fraction of sp³-hybridized carbons (Fsp3) is 0.250. The van der Waals surface area contributed by atoms with E-state index in [0.29, 0.717) is 24.7 Å². The lowest BCUT2D eigenvalue weighted by Gasteiger charge is -2.21. The van der Waals surface area contributed by atoms with E-state index in [4.69, 9.17) is 0 Å². The molecular formula is C20H18BF2N3O4. The van der Waals surface area contributed by atoms with Gasteiger partial charge in [-0.1, -0.05) is 6.07 Å². The minimum absolute atomic E-state index is 0.0483. The first kappa shape index (κ1) is 19.9. The molecule has 1 saturated heterocycles. The SMILES string of the molecule is BC(F)(F)Oc1ccc(-n2nc(C(=O)O)c(=O)c3c(N4CCCC4)cccc32)cc1. The molecule has 1 aliphatic rings. The predicted molar refractivity (Wildman–Crippen MR) is 110 cm³/mol. The van der Waals surface area contributed by atoms with Crippen LogP contribution in [-0.2, 0) is 0 Å². The first-order valence-electron chi connectivity index (χ1n) is 9.46. The molecule has 10 heteroatoms. The minimum atomic E-state index is -3.33. The number of alkyl halides is 2. The van der Waals surface area contributed by atoms with Gasteiger partial charge in [0, 0.05) is 13.1 Å². The van der Waals surface area contributed by atoms with Crippen molar-refractivity contribution in [3.05, 3.63) is 58.4 Å². The van der Waals surface area contributed by atoms with E-state index in [1.807, 2.05) is 0 Å². The van der Waals surface area contributed by atoms with Crippen LogP contribution >= 0.6 is 0 Å². The molecule has 30 heavy (non-hydrogen) atoms. The molecular weight excluding hydrogens is 395 g/mol. The number of benzene rings is 2. The largest absolute Gasteiger partial charge is 0.476 e. The van der Waals surface area contributed by atoms with E-state index in [2.05, 4.69) is 14.7 Å². The molecule has 0 amide bonds. The van der Waals surface area contributed by atoms with Crippen molar-refractivity contribution in [2.75, 3.05) is 18.0 Å². The molecule has 2 heterocycles. The number of anilines is 1. The maximum atomic E-state index is 13.1. The monoisotopic (exact) mass is 413 g/mol. The Balaban J connectivity index is 1.91. The zero-order valence-corrected chi connectivity index (χ0v) is 16.1. The number of ether oxygens (including phenoxy) is 1. The van der Waals surface area contributed by atoms with Gasteiger partial charge in [0.15, 0.2) is 0 Å². The molecule has 1 N–H and O–H groups in total. The molecule has 1 aliphatic heterocycles. The smallest absolute Gasteiger partial charge is 0.360 e. The Hall–Kier alpha value is -3.43. The van der Waals surface area contributed by atoms with Gasteiger partial charge in [0.1, 0.15) is 5.75 Å². The molecule has 0 saturated carbocycles. The molecule has 4 rings (SSSR count). The third kappa shape index (κ3) is 3.72. The molecule has 0 atom stereocenters. The van der Waals surface area contributed by atoms with Crippen molar-refractivity contribution in [3.8, 4) is 11.4 Å². The van der Waals surface area contributed by atoms with Crippen LogP contribution in [0.15, 0.2) is 47.3 Å². The van der Waals surface area contributed by atoms with Gasteiger partial charge >= 0.3 is 12.0 Å². The molecule has 0 bridgehead atoms. The number of aromatic carboxylic acids is 1. The van der Waals surface area contributed by atoms with Crippen LogP contribution in [0.4, 0.5) is 14.5 Å². The van der Waals surface area contributed by atoms with Crippen LogP contribution < -0.4 is 15.1 Å². The van der Waals surface area contributed by atoms with E-state index in [1.165, 1.54) is 28.9 Å². The molecule has 1 fully saturated rings. The zero-order valence-electron chi connectivity index (χ0n) is 16.1. The topological polar surface area (TPSA) is 84.7 Å². The maximum Gasteiger partial charge on any atom is 0.360 e. The summed E-state index contributed by atoms with van der Waals surface area (Å²) in [5.74, 6) is -1.48. The summed E-state index contributed by atoms with van der Waals surface area (Å²) in [6.45, 7) is 1.56. The third-order valence-electron chi connectivity index (χ3n) is 4.92. The standard InChI is InChI=1S/C20H18BF2N3O4/c21-20(22,23)30-13-8-6-12(7-9-13)26-15-5-3-4-14(25-10-1-2-11-25)16(15)18(27)17(24-26)19(28)29/h3-9H,1-2,10-11,21H2,(H,28,29). The summed E-state index contributed by atoms with van der Waals surface area (Å²) in [5, 5.41) is 13.8. The Labute approximate surface area is 170 Å². The van der Waals surface area contributed by atoms with Gasteiger partial charge in [0.25, 0.3) is 0 Å². The van der Waals surface area contributed by atoms with Crippen molar-refractivity contribution < 1.29 is 23.4 Å². The lowest BCUT2D eigenvalue weighted by Crippen LogP contribution is -2.26. The highest BCUT2D eigenvalue weighted by Crippen LogP contribution is 2.29. The third-order valence-corrected chi connectivity index (χ3v) is 4.92. The Morgan fingerprint density at radius 3 is 2.40 bits per heavy atom. The van der Waals surface area contributed by atoms with E-state index in [1.54, 1.807) is 18.2 Å². The normalized spacial score (nSPS) is 14.3. The lowest BCUT2D eigenvalue weighted by molar-refractivity contribution is -0.0972. The Morgan fingerprint density at radius 2 is 1.80 bits per heavy atom. The number of rotatable bonds is 5. The molecule has 2 aromatic carbocycles. The number of carboxylic acid groups (broad SMARTS) is 1. The molecule has 0 aliphatic carbocycles. The van der Waals surface area contributed by atoms with E-state index in [0.717, 1.165) is 25.9 Å². The Bertz CT molecular complexity index is 1170. The highest BCUT2D eigenvalue weighted by atomic mass is 19.3. The molecule has 0 unspecified atom stereocenters. The van der Waals surface area contributed by atoms with Gasteiger partial charge in [-0.25, -0.2) is 9.48 Å². The van der Waals surface area contributed by atoms with Crippen LogP contribution in [0.25, 0.3) is 16.6 Å². The molecule has 3 aromatic rings. The molecule has 0 spiro atoms. The van der Waals surface area contributed by atoms with Gasteiger partial charge in [0.2, 0.25) is 19.0 Å². The van der Waals surface area contributed by atoms with Crippen LogP contribution in [0.1, 0.15) is 23.3 Å². The summed E-state index contributed by atoms with van der Waals surface area (Å²) < 4.78 is 32.0. The quantitative estimate of drug-likeness (QED) is 0.646. The second-order valence-electron chi connectivity index (χ2n) is 7.16. The summed E-state index contributed by atoms with van der Waals surface area (Å²) in [4.78, 5) is 26.7. The number of hydrogen-bond acceptors (Lipinski definition) is 5. The van der Waals surface area contributed by atoms with Crippen molar-refractivity contribution >= 4 is 30.4 Å². The van der Waals surface area contributed by atoms with E-state index in [-0.39, 0.29) is 11.1 Å². The number of aromatic nitrogens is 2. The van der Waals surface area contributed by atoms with Crippen molar-refractivity contribution in [3.63, 3.8) is 0 Å². The molecule has 154 valence electrons. The fourth-order valence-electron chi connectivity index (χ4n) is 3.68. The van der Waals surface area contributed by atoms with Crippen LogP contribution in [0, 0.1) is 0 Å². The highest BCUT2D eigenvalue weighted by Gasteiger charge is 2.24. The van der Waals surface area contributed by atoms with Gasteiger partial charge in [-0.3, -0.25) is 4.79 Å². The van der Waals surface area contributed by atoms with Crippen molar-refractivity contribution in [1.82, 2.24) is 9.78 Å². The highest BCUT2D eigenvalue weighted by molar-refractivity contribution is 6.12. The average molecular weight is 413 g/mol.